The summed E-state index contributed by atoms with van der Waals surface area (Å²) in [5.41, 5.74) is 1.60. The molecule has 0 unspecified atom stereocenters. The van der Waals surface area contributed by atoms with Crippen LogP contribution in [-0.2, 0) is 11.3 Å². The Morgan fingerprint density at radius 1 is 1.28 bits per heavy atom. The van der Waals surface area contributed by atoms with Crippen molar-refractivity contribution in [2.24, 2.45) is 0 Å². The molecule has 1 heterocycles. The van der Waals surface area contributed by atoms with Crippen LogP contribution < -0.4 is 10.7 Å². The Kier molecular flexibility index (Phi) is 5.09. The summed E-state index contributed by atoms with van der Waals surface area (Å²) >= 11 is 0. The average molecular weight is 251 g/mol. The molecule has 0 bridgehead atoms. The minimum Gasteiger partial charge on any atom is -0.353 e. The van der Waals surface area contributed by atoms with Gasteiger partial charge in [0.25, 0.3) is 0 Å². The number of amides is 1. The highest BCUT2D eigenvalue weighted by Crippen LogP contribution is 2.00. The van der Waals surface area contributed by atoms with E-state index in [9.17, 15) is 9.59 Å². The molecule has 0 saturated heterocycles. The van der Waals surface area contributed by atoms with Crippen LogP contribution in [0.2, 0.25) is 0 Å². The summed E-state index contributed by atoms with van der Waals surface area (Å²) in [6, 6.07) is 3.08. The van der Waals surface area contributed by atoms with Gasteiger partial charge in [0.2, 0.25) is 5.91 Å². The lowest BCUT2D eigenvalue weighted by molar-refractivity contribution is -0.121. The van der Waals surface area contributed by atoms with E-state index in [0.717, 1.165) is 17.9 Å². The predicted molar refractivity (Wildman–Crippen MR) is 71.7 cm³/mol. The van der Waals surface area contributed by atoms with Gasteiger partial charge in [-0.05, 0) is 27.9 Å². The van der Waals surface area contributed by atoms with Crippen molar-refractivity contribution in [2.45, 2.75) is 20.4 Å². The van der Waals surface area contributed by atoms with Gasteiger partial charge in [-0.3, -0.25) is 9.59 Å². The van der Waals surface area contributed by atoms with Crippen molar-refractivity contribution in [3.63, 3.8) is 0 Å². The molecular formula is C13H21N3O2. The molecule has 0 fully saturated rings. The SMILES string of the molecule is Cc1cc(=O)cc(C)n1CC(=O)NCCN(C)C. The summed E-state index contributed by atoms with van der Waals surface area (Å²) in [5, 5.41) is 2.85. The molecule has 1 N–H and O–H groups in total. The molecule has 18 heavy (non-hydrogen) atoms. The molecule has 100 valence electrons. The molecule has 5 nitrogen and oxygen atoms in total. The van der Waals surface area contributed by atoms with Gasteiger partial charge < -0.3 is 14.8 Å². The monoisotopic (exact) mass is 251 g/mol. The number of hydrogen-bond acceptors (Lipinski definition) is 3. The molecule has 0 atom stereocenters. The minimum atomic E-state index is -0.0355. The van der Waals surface area contributed by atoms with Crippen molar-refractivity contribution in [1.82, 2.24) is 14.8 Å². The van der Waals surface area contributed by atoms with Gasteiger partial charge in [-0.15, -0.1) is 0 Å². The highest BCUT2D eigenvalue weighted by molar-refractivity contribution is 5.75. The highest BCUT2D eigenvalue weighted by atomic mass is 16.2. The van der Waals surface area contributed by atoms with Crippen LogP contribution in [0, 0.1) is 13.8 Å². The van der Waals surface area contributed by atoms with Crippen LogP contribution in [0.4, 0.5) is 0 Å². The molecule has 0 saturated carbocycles. The number of nitrogens with zero attached hydrogens (tertiary/aromatic N) is 2. The third kappa shape index (κ3) is 4.33. The first-order valence-electron chi connectivity index (χ1n) is 5.99. The molecule has 0 radical (unpaired) electrons. The van der Waals surface area contributed by atoms with Crippen LogP contribution in [0.3, 0.4) is 0 Å². The second kappa shape index (κ2) is 6.35. The predicted octanol–water partition coefficient (Wildman–Crippen LogP) is 0.143. The van der Waals surface area contributed by atoms with Crippen LogP contribution >= 0.6 is 0 Å². The highest BCUT2D eigenvalue weighted by Gasteiger charge is 2.06. The molecule has 0 aliphatic carbocycles. The molecule has 1 rings (SSSR count). The van der Waals surface area contributed by atoms with Gasteiger partial charge in [0, 0.05) is 36.6 Å². The zero-order valence-corrected chi connectivity index (χ0v) is 11.5. The van der Waals surface area contributed by atoms with Gasteiger partial charge >= 0.3 is 0 Å². The van der Waals surface area contributed by atoms with Crippen LogP contribution in [0.1, 0.15) is 11.4 Å². The van der Waals surface area contributed by atoms with E-state index in [0.29, 0.717) is 6.54 Å². The van der Waals surface area contributed by atoms with Crippen molar-refractivity contribution < 1.29 is 4.79 Å². The Morgan fingerprint density at radius 2 is 1.83 bits per heavy atom. The largest absolute Gasteiger partial charge is 0.353 e. The van der Waals surface area contributed by atoms with Crippen molar-refractivity contribution in [3.05, 3.63) is 33.7 Å². The van der Waals surface area contributed by atoms with Crippen LogP contribution in [0.25, 0.3) is 0 Å². The topological polar surface area (TPSA) is 54.3 Å². The first kappa shape index (κ1) is 14.4. The van der Waals surface area contributed by atoms with Gasteiger partial charge in [0.05, 0.1) is 0 Å². The maximum absolute atomic E-state index is 11.8. The summed E-state index contributed by atoms with van der Waals surface area (Å²) in [6.07, 6.45) is 0. The fourth-order valence-corrected chi connectivity index (χ4v) is 1.76. The van der Waals surface area contributed by atoms with E-state index in [1.807, 2.05) is 37.4 Å². The van der Waals surface area contributed by atoms with Gasteiger partial charge in [0.15, 0.2) is 5.43 Å². The second-order valence-corrected chi connectivity index (χ2v) is 4.71. The zero-order chi connectivity index (χ0) is 13.7. The average Bonchev–Trinajstić information content (AvgIpc) is 2.22. The maximum Gasteiger partial charge on any atom is 0.239 e. The van der Waals surface area contributed by atoms with E-state index in [1.165, 1.54) is 0 Å². The third-order valence-corrected chi connectivity index (χ3v) is 2.74. The Balaban J connectivity index is 2.62. The third-order valence-electron chi connectivity index (χ3n) is 2.74. The maximum atomic E-state index is 11.8. The van der Waals surface area contributed by atoms with Crippen molar-refractivity contribution in [2.75, 3.05) is 27.2 Å². The summed E-state index contributed by atoms with van der Waals surface area (Å²) in [7, 11) is 3.92. The van der Waals surface area contributed by atoms with E-state index < -0.39 is 0 Å². The Morgan fingerprint density at radius 3 is 2.33 bits per heavy atom. The lowest BCUT2D eigenvalue weighted by Gasteiger charge is -2.15. The Hall–Kier alpha value is -1.62. The fraction of sp³-hybridized carbons (Fsp3) is 0.538. The van der Waals surface area contributed by atoms with Gasteiger partial charge in [0.1, 0.15) is 6.54 Å². The van der Waals surface area contributed by atoms with Crippen LogP contribution in [-0.4, -0.2) is 42.6 Å². The standard InChI is InChI=1S/C13H21N3O2/c1-10-7-12(17)8-11(2)16(10)9-13(18)14-5-6-15(3)4/h7-8H,5-6,9H2,1-4H3,(H,14,18). The smallest absolute Gasteiger partial charge is 0.239 e. The first-order chi connectivity index (χ1) is 8.40. The van der Waals surface area contributed by atoms with Crippen molar-refractivity contribution in [3.8, 4) is 0 Å². The van der Waals surface area contributed by atoms with Crippen LogP contribution in [0.15, 0.2) is 16.9 Å². The molecule has 5 heteroatoms. The molecule has 0 spiro atoms. The van der Waals surface area contributed by atoms with Gasteiger partial charge in [-0.1, -0.05) is 0 Å². The van der Waals surface area contributed by atoms with Crippen LogP contribution in [0.5, 0.6) is 0 Å². The summed E-state index contributed by atoms with van der Waals surface area (Å²) < 4.78 is 1.84. The minimum absolute atomic E-state index is 0.0192. The summed E-state index contributed by atoms with van der Waals surface area (Å²) in [6.45, 7) is 5.37. The number of nitrogens with one attached hydrogen (secondary N) is 1. The quantitative estimate of drug-likeness (QED) is 0.810. The molecular weight excluding hydrogens is 230 g/mol. The molecule has 1 aromatic heterocycles. The van der Waals surface area contributed by atoms with E-state index in [2.05, 4.69) is 5.32 Å². The van der Waals surface area contributed by atoms with E-state index >= 15 is 0 Å². The number of hydrogen-bond donors (Lipinski definition) is 1. The molecule has 1 amide bonds. The van der Waals surface area contributed by atoms with Gasteiger partial charge in [-0.25, -0.2) is 0 Å². The van der Waals surface area contributed by atoms with Crippen molar-refractivity contribution >= 4 is 5.91 Å². The number of carbonyl (C=O) groups is 1. The first-order valence-corrected chi connectivity index (χ1v) is 5.99. The molecule has 0 aromatic carbocycles. The summed E-state index contributed by atoms with van der Waals surface area (Å²) in [4.78, 5) is 25.0. The second-order valence-electron chi connectivity index (χ2n) is 4.71. The molecule has 1 aromatic rings. The van der Waals surface area contributed by atoms with E-state index in [4.69, 9.17) is 0 Å². The number of aromatic nitrogens is 1. The van der Waals surface area contributed by atoms with Gasteiger partial charge in [-0.2, -0.15) is 0 Å². The van der Waals surface area contributed by atoms with E-state index in [-0.39, 0.29) is 17.9 Å². The summed E-state index contributed by atoms with van der Waals surface area (Å²) in [5.74, 6) is -0.0355. The molecule has 0 aliphatic rings. The lowest BCUT2D eigenvalue weighted by Crippen LogP contribution is -2.34. The number of carbonyl (C=O) groups excluding carboxylic acids is 1. The Bertz CT molecular complexity index is 451. The van der Waals surface area contributed by atoms with E-state index in [1.54, 1.807) is 12.1 Å². The fourth-order valence-electron chi connectivity index (χ4n) is 1.76. The number of likely N-dealkylation sites (N-methyl/N-ethyl adjacent to an activating group) is 1. The number of rotatable bonds is 5. The normalized spacial score (nSPS) is 10.7. The zero-order valence-electron chi connectivity index (χ0n) is 11.5. The molecule has 0 aliphatic heterocycles. The lowest BCUT2D eigenvalue weighted by atomic mass is 10.3. The number of aryl methyl sites for hydroxylation is 2. The van der Waals surface area contributed by atoms with Crippen molar-refractivity contribution in [1.29, 1.82) is 0 Å². The number of pyridine rings is 1. The Labute approximate surface area is 107 Å².